The van der Waals surface area contributed by atoms with Gasteiger partial charge in [0.15, 0.2) is 0 Å². The van der Waals surface area contributed by atoms with Crippen LogP contribution in [0.15, 0.2) is 0 Å². The van der Waals surface area contributed by atoms with E-state index in [-0.39, 0.29) is 42.0 Å². The van der Waals surface area contributed by atoms with Gasteiger partial charge in [-0.25, -0.2) is 4.79 Å². The molecule has 0 spiro atoms. The van der Waals surface area contributed by atoms with Crippen LogP contribution in [0.25, 0.3) is 0 Å². The summed E-state index contributed by atoms with van der Waals surface area (Å²) in [5, 5.41) is 18.2. The SMILES string of the molecule is NCC(=O)O.O=C1CC[C@@H](C(=O)O)N1.[Na]. The van der Waals surface area contributed by atoms with Gasteiger partial charge in [0.25, 0.3) is 0 Å². The Kier molecular flexibility index (Phi) is 9.69. The number of hydrogen-bond donors (Lipinski definition) is 4. The van der Waals surface area contributed by atoms with Gasteiger partial charge >= 0.3 is 11.9 Å². The van der Waals surface area contributed by atoms with Crippen molar-refractivity contribution in [2.45, 2.75) is 18.9 Å². The Hall–Kier alpha value is -0.630. The number of carbonyl (C=O) groups is 3. The molecule has 0 aromatic carbocycles. The molecule has 15 heavy (non-hydrogen) atoms. The molecule has 8 heteroatoms. The molecule has 0 aromatic rings. The summed E-state index contributed by atoms with van der Waals surface area (Å²) < 4.78 is 0. The molecular formula is C7H12N2NaO5. The number of carbonyl (C=O) groups excluding carboxylic acids is 1. The quantitative estimate of drug-likeness (QED) is 0.403. The molecule has 1 atom stereocenters. The second-order valence-electron chi connectivity index (χ2n) is 2.59. The Morgan fingerprint density at radius 3 is 2.07 bits per heavy atom. The monoisotopic (exact) mass is 227 g/mol. The van der Waals surface area contributed by atoms with Crippen LogP contribution < -0.4 is 11.1 Å². The first kappa shape index (κ1) is 16.8. The van der Waals surface area contributed by atoms with E-state index in [0.717, 1.165) is 0 Å². The average molecular weight is 227 g/mol. The largest absolute Gasteiger partial charge is 0.480 e. The van der Waals surface area contributed by atoms with Crippen LogP contribution in [0.2, 0.25) is 0 Å². The van der Waals surface area contributed by atoms with Crippen molar-refractivity contribution in [1.82, 2.24) is 5.32 Å². The Labute approximate surface area is 108 Å². The Morgan fingerprint density at radius 1 is 1.47 bits per heavy atom. The Bertz CT molecular complexity index is 246. The predicted molar refractivity (Wildman–Crippen MR) is 51.2 cm³/mol. The van der Waals surface area contributed by atoms with Gasteiger partial charge in [0.1, 0.15) is 6.04 Å². The zero-order valence-corrected chi connectivity index (χ0v) is 10.4. The van der Waals surface area contributed by atoms with Crippen molar-refractivity contribution in [3.8, 4) is 0 Å². The third kappa shape index (κ3) is 8.37. The van der Waals surface area contributed by atoms with Gasteiger partial charge in [0, 0.05) is 36.0 Å². The summed E-state index contributed by atoms with van der Waals surface area (Å²) in [7, 11) is 0. The summed E-state index contributed by atoms with van der Waals surface area (Å²) in [6.45, 7) is -0.278. The van der Waals surface area contributed by atoms with Gasteiger partial charge in [-0.1, -0.05) is 0 Å². The minimum atomic E-state index is -0.968. The Morgan fingerprint density at radius 2 is 1.93 bits per heavy atom. The number of nitrogens with one attached hydrogen (secondary N) is 1. The molecule has 1 saturated heterocycles. The molecule has 81 valence electrons. The molecule has 0 unspecified atom stereocenters. The van der Waals surface area contributed by atoms with Crippen LogP contribution in [-0.2, 0) is 14.4 Å². The van der Waals surface area contributed by atoms with Gasteiger partial charge in [-0.2, -0.15) is 0 Å². The van der Waals surface area contributed by atoms with Crippen molar-refractivity contribution in [3.63, 3.8) is 0 Å². The maximum atomic E-state index is 10.4. The molecule has 5 N–H and O–H groups in total. The van der Waals surface area contributed by atoms with Crippen molar-refractivity contribution >= 4 is 47.4 Å². The van der Waals surface area contributed by atoms with E-state index in [1.165, 1.54) is 0 Å². The van der Waals surface area contributed by atoms with Gasteiger partial charge in [-0.05, 0) is 6.42 Å². The van der Waals surface area contributed by atoms with E-state index in [1.807, 2.05) is 0 Å². The van der Waals surface area contributed by atoms with Gasteiger partial charge in [-0.15, -0.1) is 0 Å². The summed E-state index contributed by atoms with van der Waals surface area (Å²) >= 11 is 0. The minimum absolute atomic E-state index is 0. The number of carboxylic acid groups (broad SMARTS) is 2. The van der Waals surface area contributed by atoms with Crippen LogP contribution in [0.4, 0.5) is 0 Å². The van der Waals surface area contributed by atoms with Crippen LogP contribution in [-0.4, -0.2) is 70.2 Å². The first-order chi connectivity index (χ1) is 6.47. The Balaban J connectivity index is 0. The number of carboxylic acids is 2. The average Bonchev–Trinajstić information content (AvgIpc) is 2.53. The fraction of sp³-hybridized carbons (Fsp3) is 0.571. The van der Waals surface area contributed by atoms with E-state index in [2.05, 4.69) is 11.1 Å². The van der Waals surface area contributed by atoms with Gasteiger partial charge in [0.05, 0.1) is 6.54 Å². The van der Waals surface area contributed by atoms with Gasteiger partial charge in [0.2, 0.25) is 5.91 Å². The molecule has 0 aromatic heterocycles. The molecule has 1 radical (unpaired) electrons. The van der Waals surface area contributed by atoms with Crippen molar-refractivity contribution in [2.24, 2.45) is 5.73 Å². The van der Waals surface area contributed by atoms with Gasteiger partial charge in [-0.3, -0.25) is 9.59 Å². The first-order valence-corrected chi connectivity index (χ1v) is 3.91. The standard InChI is InChI=1S/C5H7NO3.C2H5NO2.Na/c7-4-2-1-3(6-4)5(8)9;3-1-2(4)5;/h3H,1-2H2,(H,6,7)(H,8,9);1,3H2,(H,4,5);/t3-;;/m0../s1. The summed E-state index contributed by atoms with van der Waals surface area (Å²) in [6.07, 6.45) is 0.769. The molecule has 1 rings (SSSR count). The molecule has 1 amide bonds. The predicted octanol–water partition coefficient (Wildman–Crippen LogP) is -2.00. The van der Waals surface area contributed by atoms with E-state index < -0.39 is 18.0 Å². The molecule has 1 fully saturated rings. The fourth-order valence-electron chi connectivity index (χ4n) is 0.799. The summed E-state index contributed by atoms with van der Waals surface area (Å²) in [6, 6.07) is -0.641. The van der Waals surface area contributed by atoms with E-state index >= 15 is 0 Å². The molecule has 1 heterocycles. The smallest absolute Gasteiger partial charge is 0.326 e. The third-order valence-electron chi connectivity index (χ3n) is 1.47. The number of hydrogen-bond acceptors (Lipinski definition) is 4. The number of nitrogens with two attached hydrogens (primary N) is 1. The minimum Gasteiger partial charge on any atom is -0.480 e. The first-order valence-electron chi connectivity index (χ1n) is 3.91. The number of aliphatic carboxylic acids is 2. The number of amides is 1. The molecule has 0 bridgehead atoms. The van der Waals surface area contributed by atoms with Crippen molar-refractivity contribution in [3.05, 3.63) is 0 Å². The number of rotatable bonds is 2. The maximum Gasteiger partial charge on any atom is 0.326 e. The van der Waals surface area contributed by atoms with E-state index in [4.69, 9.17) is 10.2 Å². The second kappa shape index (κ2) is 8.66. The molecule has 0 aliphatic carbocycles. The van der Waals surface area contributed by atoms with Crippen LogP contribution in [0.3, 0.4) is 0 Å². The fourth-order valence-corrected chi connectivity index (χ4v) is 0.799. The van der Waals surface area contributed by atoms with Crippen molar-refractivity contribution < 1.29 is 24.6 Å². The molecular weight excluding hydrogens is 215 g/mol. The third-order valence-corrected chi connectivity index (χ3v) is 1.47. The topological polar surface area (TPSA) is 130 Å². The maximum absolute atomic E-state index is 10.4. The summed E-state index contributed by atoms with van der Waals surface area (Å²) in [4.78, 5) is 29.8. The zero-order chi connectivity index (χ0) is 11.1. The molecule has 7 nitrogen and oxygen atoms in total. The van der Waals surface area contributed by atoms with Crippen LogP contribution in [0.1, 0.15) is 12.8 Å². The molecule has 0 saturated carbocycles. The summed E-state index contributed by atoms with van der Waals surface area (Å²) in [5.41, 5.74) is 4.57. The van der Waals surface area contributed by atoms with Crippen LogP contribution in [0.5, 0.6) is 0 Å². The zero-order valence-electron chi connectivity index (χ0n) is 8.40. The molecule has 1 aliphatic heterocycles. The second-order valence-corrected chi connectivity index (χ2v) is 2.59. The van der Waals surface area contributed by atoms with E-state index in [1.54, 1.807) is 0 Å². The summed E-state index contributed by atoms with van der Waals surface area (Å²) in [5.74, 6) is -2.08. The van der Waals surface area contributed by atoms with E-state index in [9.17, 15) is 14.4 Å². The van der Waals surface area contributed by atoms with Crippen LogP contribution >= 0.6 is 0 Å². The molecule has 1 aliphatic rings. The van der Waals surface area contributed by atoms with Crippen molar-refractivity contribution in [2.75, 3.05) is 6.54 Å². The van der Waals surface area contributed by atoms with Crippen molar-refractivity contribution in [1.29, 1.82) is 0 Å². The van der Waals surface area contributed by atoms with Crippen LogP contribution in [0, 0.1) is 0 Å². The normalized spacial score (nSPS) is 17.9. The van der Waals surface area contributed by atoms with E-state index in [0.29, 0.717) is 12.8 Å². The van der Waals surface area contributed by atoms with Gasteiger partial charge < -0.3 is 21.3 Å².